The van der Waals surface area contributed by atoms with Gasteiger partial charge in [0.25, 0.3) is 0 Å². The zero-order chi connectivity index (χ0) is 19.2. The van der Waals surface area contributed by atoms with Crippen LogP contribution in [0.3, 0.4) is 0 Å². The van der Waals surface area contributed by atoms with Crippen molar-refractivity contribution in [3.63, 3.8) is 0 Å². The topological polar surface area (TPSA) is 29.3 Å². The number of anilines is 1. The molecule has 0 aliphatic carbocycles. The van der Waals surface area contributed by atoms with Crippen LogP contribution >= 0.6 is 11.6 Å². The molecule has 0 aromatic heterocycles. The number of benzene rings is 2. The normalized spacial score (nSPS) is 11.8. The highest BCUT2D eigenvalue weighted by Crippen LogP contribution is 2.20. The zero-order valence-corrected chi connectivity index (χ0v) is 17.4. The van der Waals surface area contributed by atoms with Gasteiger partial charge >= 0.3 is 0 Å². The van der Waals surface area contributed by atoms with E-state index in [2.05, 4.69) is 69.0 Å². The molecule has 2 nitrogen and oxygen atoms in total. The Kier molecular flexibility index (Phi) is 7.55. The van der Waals surface area contributed by atoms with Gasteiger partial charge in [0.2, 0.25) is 0 Å². The molecule has 0 atom stereocenters. The van der Waals surface area contributed by atoms with Crippen molar-refractivity contribution in [3.8, 4) is 0 Å². The third kappa shape index (κ3) is 7.39. The van der Waals surface area contributed by atoms with Crippen molar-refractivity contribution < 1.29 is 0 Å². The maximum absolute atomic E-state index is 6.28. The molecule has 0 heterocycles. The van der Waals surface area contributed by atoms with Gasteiger partial charge in [0.1, 0.15) is 0 Å². The molecule has 2 aromatic rings. The van der Waals surface area contributed by atoms with E-state index in [4.69, 9.17) is 17.3 Å². The minimum Gasteiger partial charge on any atom is -0.370 e. The molecule has 0 amide bonds. The first-order valence-corrected chi connectivity index (χ1v) is 9.98. The van der Waals surface area contributed by atoms with E-state index in [0.717, 1.165) is 31.0 Å². The van der Waals surface area contributed by atoms with Crippen molar-refractivity contribution in [1.82, 2.24) is 0 Å². The van der Waals surface area contributed by atoms with Crippen LogP contribution in [0.5, 0.6) is 0 Å². The molecule has 0 saturated heterocycles. The molecule has 2 N–H and O–H groups in total. The molecule has 3 heteroatoms. The summed E-state index contributed by atoms with van der Waals surface area (Å²) in [7, 11) is 0. The smallest absolute Gasteiger partial charge is 0.0406 e. The Bertz CT molecular complexity index is 654. The maximum atomic E-state index is 6.28. The second kappa shape index (κ2) is 9.43. The number of nitrogens with zero attached hydrogens (tertiary/aromatic N) is 1. The van der Waals surface area contributed by atoms with E-state index < -0.39 is 0 Å². The van der Waals surface area contributed by atoms with Crippen LogP contribution in [0.25, 0.3) is 0 Å². The summed E-state index contributed by atoms with van der Waals surface area (Å²) in [5.74, 6) is 0.692. The monoisotopic (exact) mass is 372 g/mol. The van der Waals surface area contributed by atoms with Gasteiger partial charge in [-0.05, 0) is 74.4 Å². The third-order valence-corrected chi connectivity index (χ3v) is 4.74. The number of rotatable bonds is 9. The SMILES string of the molecule is CC(C)CCN(CC(C)(C)N)c1ccc(CCc2ccc(Cl)cc2)cc1. The molecule has 0 saturated carbocycles. The zero-order valence-electron chi connectivity index (χ0n) is 16.6. The lowest BCUT2D eigenvalue weighted by Gasteiger charge is -2.32. The van der Waals surface area contributed by atoms with Crippen LogP contribution in [0.4, 0.5) is 5.69 Å². The lowest BCUT2D eigenvalue weighted by Crippen LogP contribution is -2.46. The fourth-order valence-corrected chi connectivity index (χ4v) is 3.14. The molecule has 0 fully saturated rings. The van der Waals surface area contributed by atoms with Crippen molar-refractivity contribution in [2.24, 2.45) is 11.7 Å². The number of halogens is 1. The van der Waals surface area contributed by atoms with Gasteiger partial charge in [-0.3, -0.25) is 0 Å². The van der Waals surface area contributed by atoms with Crippen molar-refractivity contribution in [2.45, 2.75) is 52.5 Å². The molecule has 0 aliphatic heterocycles. The van der Waals surface area contributed by atoms with Gasteiger partial charge in [-0.1, -0.05) is 49.7 Å². The van der Waals surface area contributed by atoms with Crippen LogP contribution < -0.4 is 10.6 Å². The second-order valence-electron chi connectivity index (χ2n) is 8.39. The van der Waals surface area contributed by atoms with Crippen LogP contribution in [-0.2, 0) is 12.8 Å². The Morgan fingerprint density at radius 2 is 1.42 bits per heavy atom. The van der Waals surface area contributed by atoms with E-state index in [1.54, 1.807) is 0 Å². The Balaban J connectivity index is 2.00. The van der Waals surface area contributed by atoms with Crippen molar-refractivity contribution in [3.05, 3.63) is 64.7 Å². The van der Waals surface area contributed by atoms with Crippen LogP contribution in [-0.4, -0.2) is 18.6 Å². The fraction of sp³-hybridized carbons (Fsp3) is 0.478. The summed E-state index contributed by atoms with van der Waals surface area (Å²) >= 11 is 5.95. The molecule has 142 valence electrons. The predicted octanol–water partition coefficient (Wildman–Crippen LogP) is 5.72. The lowest BCUT2D eigenvalue weighted by molar-refractivity contribution is 0.485. The minimum absolute atomic E-state index is 0.204. The second-order valence-corrected chi connectivity index (χ2v) is 8.82. The van der Waals surface area contributed by atoms with Crippen molar-refractivity contribution in [1.29, 1.82) is 0 Å². The Hall–Kier alpha value is -1.51. The molecule has 2 aromatic carbocycles. The van der Waals surface area contributed by atoms with E-state index >= 15 is 0 Å². The summed E-state index contributed by atoms with van der Waals surface area (Å²) in [5.41, 5.74) is 10.0. The maximum Gasteiger partial charge on any atom is 0.0406 e. The number of nitrogens with two attached hydrogens (primary N) is 1. The van der Waals surface area contributed by atoms with Crippen LogP contribution in [0.1, 0.15) is 45.2 Å². The summed E-state index contributed by atoms with van der Waals surface area (Å²) in [4.78, 5) is 2.42. The first-order valence-electron chi connectivity index (χ1n) is 9.60. The van der Waals surface area contributed by atoms with Crippen LogP contribution in [0.2, 0.25) is 5.02 Å². The molecule has 0 spiro atoms. The first kappa shape index (κ1) is 20.8. The molecule has 0 unspecified atom stereocenters. The largest absolute Gasteiger partial charge is 0.370 e. The van der Waals surface area contributed by atoms with Crippen molar-refractivity contribution >= 4 is 17.3 Å². The highest BCUT2D eigenvalue weighted by Gasteiger charge is 2.17. The first-order chi connectivity index (χ1) is 12.2. The number of hydrogen-bond acceptors (Lipinski definition) is 2. The standard InChI is InChI=1S/C23H33ClN2/c1-18(2)15-16-26(17-23(3,4)25)22-13-9-20(10-14-22)6-5-19-7-11-21(24)12-8-19/h7-14,18H,5-6,15-17,25H2,1-4H3. The Morgan fingerprint density at radius 3 is 1.88 bits per heavy atom. The molecular weight excluding hydrogens is 340 g/mol. The predicted molar refractivity (Wildman–Crippen MR) is 115 cm³/mol. The van der Waals surface area contributed by atoms with Crippen LogP contribution in [0.15, 0.2) is 48.5 Å². The van der Waals surface area contributed by atoms with E-state index in [1.165, 1.54) is 23.2 Å². The summed E-state index contributed by atoms with van der Waals surface area (Å²) < 4.78 is 0. The van der Waals surface area contributed by atoms with Crippen molar-refractivity contribution in [2.75, 3.05) is 18.0 Å². The lowest BCUT2D eigenvalue weighted by atomic mass is 10.0. The average Bonchev–Trinajstić information content (AvgIpc) is 2.57. The molecule has 0 radical (unpaired) electrons. The summed E-state index contributed by atoms with van der Waals surface area (Å²) in [6.45, 7) is 10.6. The minimum atomic E-state index is -0.204. The van der Waals surface area contributed by atoms with E-state index in [9.17, 15) is 0 Å². The van der Waals surface area contributed by atoms with E-state index in [0.29, 0.717) is 5.92 Å². The number of aryl methyl sites for hydroxylation is 2. The molecule has 0 aliphatic rings. The Labute approximate surface area is 164 Å². The summed E-state index contributed by atoms with van der Waals surface area (Å²) in [6, 6.07) is 17.1. The van der Waals surface area contributed by atoms with Gasteiger partial charge < -0.3 is 10.6 Å². The van der Waals surface area contributed by atoms with Gasteiger partial charge in [-0.15, -0.1) is 0 Å². The highest BCUT2D eigenvalue weighted by molar-refractivity contribution is 6.30. The Morgan fingerprint density at radius 1 is 0.923 bits per heavy atom. The quantitative estimate of drug-likeness (QED) is 0.610. The molecule has 2 rings (SSSR count). The number of hydrogen-bond donors (Lipinski definition) is 1. The van der Waals surface area contributed by atoms with Gasteiger partial charge in [0, 0.05) is 29.3 Å². The highest BCUT2D eigenvalue weighted by atomic mass is 35.5. The third-order valence-electron chi connectivity index (χ3n) is 4.49. The van der Waals surface area contributed by atoms with Gasteiger partial charge in [0.15, 0.2) is 0 Å². The summed E-state index contributed by atoms with van der Waals surface area (Å²) in [5, 5.41) is 0.794. The van der Waals surface area contributed by atoms with Gasteiger partial charge in [0.05, 0.1) is 0 Å². The molecule has 26 heavy (non-hydrogen) atoms. The molecular formula is C23H33ClN2. The summed E-state index contributed by atoms with van der Waals surface area (Å²) in [6.07, 6.45) is 3.24. The van der Waals surface area contributed by atoms with Gasteiger partial charge in [-0.2, -0.15) is 0 Å². The van der Waals surface area contributed by atoms with E-state index in [1.807, 2.05) is 12.1 Å². The average molecular weight is 373 g/mol. The van der Waals surface area contributed by atoms with E-state index in [-0.39, 0.29) is 5.54 Å². The van der Waals surface area contributed by atoms with Gasteiger partial charge in [-0.25, -0.2) is 0 Å². The molecule has 0 bridgehead atoms. The fourth-order valence-electron chi connectivity index (χ4n) is 3.02. The van der Waals surface area contributed by atoms with Crippen LogP contribution in [0, 0.1) is 5.92 Å².